The summed E-state index contributed by atoms with van der Waals surface area (Å²) < 4.78 is 1.18. The first kappa shape index (κ1) is 13.9. The Morgan fingerprint density at radius 1 is 1.41 bits per heavy atom. The quantitative estimate of drug-likeness (QED) is 0.873. The molecule has 0 spiro atoms. The molecule has 22 heavy (non-hydrogen) atoms. The van der Waals surface area contributed by atoms with E-state index in [1.807, 2.05) is 30.4 Å². The molecule has 1 aliphatic heterocycles. The lowest BCUT2D eigenvalue weighted by atomic mass is 10.0. The van der Waals surface area contributed by atoms with Crippen LogP contribution in [-0.4, -0.2) is 47.0 Å². The molecule has 0 N–H and O–H groups in total. The number of rotatable bonds is 3. The van der Waals surface area contributed by atoms with Gasteiger partial charge in [0.15, 0.2) is 5.13 Å². The number of piperidine rings is 1. The van der Waals surface area contributed by atoms with Crippen LogP contribution in [0.1, 0.15) is 25.7 Å². The molecule has 1 unspecified atom stereocenters. The van der Waals surface area contributed by atoms with E-state index < -0.39 is 0 Å². The zero-order chi connectivity index (χ0) is 15.1. The summed E-state index contributed by atoms with van der Waals surface area (Å²) in [4.78, 5) is 25.4. The highest BCUT2D eigenvalue weighted by molar-refractivity contribution is 7.22. The highest BCUT2D eigenvalue weighted by Gasteiger charge is 2.36. The summed E-state index contributed by atoms with van der Waals surface area (Å²) in [6, 6.07) is 2.33. The number of carbonyl (C=O) groups is 1. The van der Waals surface area contributed by atoms with Crippen LogP contribution in [-0.2, 0) is 4.79 Å². The smallest absolute Gasteiger partial charge is 0.225 e. The molecule has 3 heterocycles. The SMILES string of the molecule is CN(C(=O)C1CC1)C1CCCN(c2nc3cnccc3s2)C1. The van der Waals surface area contributed by atoms with Crippen molar-refractivity contribution in [1.29, 1.82) is 0 Å². The highest BCUT2D eigenvalue weighted by Crippen LogP contribution is 2.33. The third-order valence-corrected chi connectivity index (χ3v) is 5.76. The van der Waals surface area contributed by atoms with Crippen molar-refractivity contribution >= 4 is 32.6 Å². The molecule has 1 saturated carbocycles. The van der Waals surface area contributed by atoms with Gasteiger partial charge in [0.25, 0.3) is 0 Å². The van der Waals surface area contributed by atoms with Crippen LogP contribution in [0.15, 0.2) is 18.5 Å². The van der Waals surface area contributed by atoms with E-state index in [0.29, 0.717) is 17.9 Å². The lowest BCUT2D eigenvalue weighted by Gasteiger charge is -2.37. The molecule has 5 nitrogen and oxygen atoms in total. The third kappa shape index (κ3) is 2.56. The zero-order valence-corrected chi connectivity index (χ0v) is 13.6. The summed E-state index contributed by atoms with van der Waals surface area (Å²) in [5.74, 6) is 0.634. The average Bonchev–Trinajstić information content (AvgIpc) is 3.32. The first-order valence-electron chi connectivity index (χ1n) is 7.94. The normalized spacial score (nSPS) is 22.0. The van der Waals surface area contributed by atoms with Crippen LogP contribution in [0.2, 0.25) is 0 Å². The maximum absolute atomic E-state index is 12.3. The minimum atomic E-state index is 0.300. The van der Waals surface area contributed by atoms with Gasteiger partial charge in [-0.1, -0.05) is 11.3 Å². The topological polar surface area (TPSA) is 49.3 Å². The van der Waals surface area contributed by atoms with Gasteiger partial charge in [0.05, 0.1) is 10.9 Å². The number of pyridine rings is 1. The lowest BCUT2D eigenvalue weighted by molar-refractivity contribution is -0.133. The van der Waals surface area contributed by atoms with Crippen LogP contribution in [0, 0.1) is 5.92 Å². The minimum Gasteiger partial charge on any atom is -0.346 e. The minimum absolute atomic E-state index is 0.300. The van der Waals surface area contributed by atoms with Gasteiger partial charge >= 0.3 is 0 Å². The first-order valence-corrected chi connectivity index (χ1v) is 8.76. The second-order valence-corrected chi connectivity index (χ2v) is 7.31. The molecule has 1 amide bonds. The van der Waals surface area contributed by atoms with Gasteiger partial charge in [-0.05, 0) is 31.7 Å². The molecule has 1 aliphatic carbocycles. The predicted octanol–water partition coefficient (Wildman–Crippen LogP) is 2.53. The Balaban J connectivity index is 1.51. The fourth-order valence-electron chi connectivity index (χ4n) is 3.15. The van der Waals surface area contributed by atoms with Gasteiger partial charge in [0.2, 0.25) is 5.91 Å². The summed E-state index contributed by atoms with van der Waals surface area (Å²) in [7, 11) is 1.97. The maximum atomic E-state index is 12.3. The number of amides is 1. The van der Waals surface area contributed by atoms with Crippen molar-refractivity contribution in [2.24, 2.45) is 5.92 Å². The summed E-state index contributed by atoms with van der Waals surface area (Å²) in [6.07, 6.45) is 7.99. The van der Waals surface area contributed by atoms with E-state index in [0.717, 1.165) is 49.4 Å². The van der Waals surface area contributed by atoms with E-state index in [2.05, 4.69) is 9.88 Å². The van der Waals surface area contributed by atoms with E-state index in [4.69, 9.17) is 4.98 Å². The standard InChI is InChI=1S/C16H20N4OS/c1-19(15(21)11-4-5-11)12-3-2-8-20(10-12)16-18-13-9-17-7-6-14(13)22-16/h6-7,9,11-12H,2-5,8,10H2,1H3. The van der Waals surface area contributed by atoms with Crippen molar-refractivity contribution in [2.75, 3.05) is 25.0 Å². The Kier molecular flexibility index (Phi) is 3.48. The summed E-state index contributed by atoms with van der Waals surface area (Å²) in [5, 5.41) is 1.06. The van der Waals surface area contributed by atoms with Crippen LogP contribution >= 0.6 is 11.3 Å². The van der Waals surface area contributed by atoms with E-state index in [1.165, 1.54) is 4.70 Å². The van der Waals surface area contributed by atoms with Crippen molar-refractivity contribution < 1.29 is 4.79 Å². The van der Waals surface area contributed by atoms with Crippen LogP contribution in [0.25, 0.3) is 10.2 Å². The van der Waals surface area contributed by atoms with Gasteiger partial charge < -0.3 is 9.80 Å². The van der Waals surface area contributed by atoms with E-state index >= 15 is 0 Å². The molecule has 2 fully saturated rings. The number of carbonyl (C=O) groups excluding carboxylic acids is 1. The van der Waals surface area contributed by atoms with Crippen LogP contribution in [0.4, 0.5) is 5.13 Å². The van der Waals surface area contributed by atoms with Gasteiger partial charge in [0.1, 0.15) is 5.52 Å². The van der Waals surface area contributed by atoms with Gasteiger partial charge in [-0.3, -0.25) is 9.78 Å². The molecular weight excluding hydrogens is 296 g/mol. The number of hydrogen-bond acceptors (Lipinski definition) is 5. The fourth-order valence-corrected chi connectivity index (χ4v) is 4.11. The average molecular weight is 316 g/mol. The molecule has 2 aromatic heterocycles. The largest absolute Gasteiger partial charge is 0.346 e. The highest BCUT2D eigenvalue weighted by atomic mass is 32.1. The predicted molar refractivity (Wildman–Crippen MR) is 88.1 cm³/mol. The van der Waals surface area contributed by atoms with Crippen molar-refractivity contribution in [3.63, 3.8) is 0 Å². The monoisotopic (exact) mass is 316 g/mol. The van der Waals surface area contributed by atoms with Gasteiger partial charge in [-0.25, -0.2) is 4.98 Å². The van der Waals surface area contributed by atoms with E-state index in [1.54, 1.807) is 11.3 Å². The number of likely N-dealkylation sites (N-methyl/N-ethyl adjacent to an activating group) is 1. The van der Waals surface area contributed by atoms with Crippen molar-refractivity contribution in [1.82, 2.24) is 14.9 Å². The summed E-state index contributed by atoms with van der Waals surface area (Å²) in [5.41, 5.74) is 0.965. The first-order chi connectivity index (χ1) is 10.7. The molecule has 2 aliphatic rings. The molecule has 2 aromatic rings. The van der Waals surface area contributed by atoms with Gasteiger partial charge in [0, 0.05) is 38.3 Å². The summed E-state index contributed by atoms with van der Waals surface area (Å²) in [6.45, 7) is 1.91. The Hall–Kier alpha value is -1.69. The van der Waals surface area contributed by atoms with Crippen LogP contribution in [0.3, 0.4) is 0 Å². The number of hydrogen-bond donors (Lipinski definition) is 0. The number of nitrogens with zero attached hydrogens (tertiary/aromatic N) is 4. The lowest BCUT2D eigenvalue weighted by Crippen LogP contribution is -2.49. The second-order valence-electron chi connectivity index (χ2n) is 6.31. The second kappa shape index (κ2) is 5.50. The molecule has 4 rings (SSSR count). The number of anilines is 1. The fraction of sp³-hybridized carbons (Fsp3) is 0.562. The number of fused-ring (bicyclic) bond motifs is 1. The molecule has 116 valence electrons. The van der Waals surface area contributed by atoms with Gasteiger partial charge in [-0.15, -0.1) is 0 Å². The molecule has 6 heteroatoms. The van der Waals surface area contributed by atoms with Gasteiger partial charge in [-0.2, -0.15) is 0 Å². The Morgan fingerprint density at radius 2 is 2.27 bits per heavy atom. The maximum Gasteiger partial charge on any atom is 0.225 e. The van der Waals surface area contributed by atoms with Crippen molar-refractivity contribution in [3.05, 3.63) is 18.5 Å². The Labute approximate surface area is 134 Å². The van der Waals surface area contributed by atoms with Crippen molar-refractivity contribution in [2.45, 2.75) is 31.7 Å². The molecule has 1 saturated heterocycles. The molecule has 0 radical (unpaired) electrons. The number of aromatic nitrogens is 2. The Morgan fingerprint density at radius 3 is 3.05 bits per heavy atom. The molecule has 1 atom stereocenters. The molecule has 0 aromatic carbocycles. The molecule has 0 bridgehead atoms. The van der Waals surface area contributed by atoms with E-state index in [-0.39, 0.29) is 0 Å². The van der Waals surface area contributed by atoms with Crippen LogP contribution in [0.5, 0.6) is 0 Å². The number of thiazole rings is 1. The van der Waals surface area contributed by atoms with Crippen LogP contribution < -0.4 is 4.90 Å². The van der Waals surface area contributed by atoms with E-state index in [9.17, 15) is 4.79 Å². The Bertz CT molecular complexity index is 663. The summed E-state index contributed by atoms with van der Waals surface area (Å²) >= 11 is 1.72. The van der Waals surface area contributed by atoms with Crippen molar-refractivity contribution in [3.8, 4) is 0 Å². The zero-order valence-electron chi connectivity index (χ0n) is 12.7. The molecular formula is C16H20N4OS. The third-order valence-electron chi connectivity index (χ3n) is 4.67.